The molecule has 1 aliphatic heterocycles. The molecule has 0 bridgehead atoms. The van der Waals surface area contributed by atoms with Gasteiger partial charge < -0.3 is 14.7 Å². The van der Waals surface area contributed by atoms with Gasteiger partial charge in [-0.05, 0) is 38.4 Å². The van der Waals surface area contributed by atoms with Gasteiger partial charge in [-0.25, -0.2) is 0 Å². The fourth-order valence-electron chi connectivity index (χ4n) is 2.79. The van der Waals surface area contributed by atoms with Crippen molar-refractivity contribution in [1.82, 2.24) is 15.5 Å². The lowest BCUT2D eigenvalue weighted by Gasteiger charge is -2.22. The summed E-state index contributed by atoms with van der Waals surface area (Å²) >= 11 is 0. The molecule has 0 spiro atoms. The molecule has 1 aromatic rings. The minimum absolute atomic E-state index is 0.0627. The molecule has 1 fully saturated rings. The molecular formula is C13H24N4O. The van der Waals surface area contributed by atoms with E-state index >= 15 is 0 Å². The molecule has 2 rings (SSSR count). The summed E-state index contributed by atoms with van der Waals surface area (Å²) in [6, 6.07) is 0. The number of nitrogens with one attached hydrogen (secondary N) is 1. The number of hydrogen-bond acceptors (Lipinski definition) is 5. The van der Waals surface area contributed by atoms with Crippen molar-refractivity contribution in [3.8, 4) is 0 Å². The van der Waals surface area contributed by atoms with Gasteiger partial charge >= 0.3 is 0 Å². The van der Waals surface area contributed by atoms with E-state index in [0.717, 1.165) is 57.3 Å². The van der Waals surface area contributed by atoms with Crippen molar-refractivity contribution in [2.75, 3.05) is 31.1 Å². The third-order valence-corrected chi connectivity index (χ3v) is 3.89. The Balaban J connectivity index is 2.21. The van der Waals surface area contributed by atoms with Crippen LogP contribution in [0.1, 0.15) is 45.9 Å². The van der Waals surface area contributed by atoms with Gasteiger partial charge in [-0.1, -0.05) is 13.3 Å². The van der Waals surface area contributed by atoms with Gasteiger partial charge in [-0.15, -0.1) is 0 Å². The standard InChI is InChI=1S/C13H24N4O/c1-4-7-13(8-9-14-10-13)11-15-12(16-18-11)17(5-2)6-3/h14H,4-10H2,1-3H3. The van der Waals surface area contributed by atoms with Gasteiger partial charge in [0.15, 0.2) is 0 Å². The first-order chi connectivity index (χ1) is 8.75. The molecule has 0 aromatic carbocycles. The van der Waals surface area contributed by atoms with Crippen LogP contribution in [0, 0.1) is 0 Å². The molecule has 18 heavy (non-hydrogen) atoms. The molecule has 1 aliphatic rings. The monoisotopic (exact) mass is 252 g/mol. The van der Waals surface area contributed by atoms with Crippen LogP contribution in [-0.4, -0.2) is 36.3 Å². The molecule has 102 valence electrons. The van der Waals surface area contributed by atoms with Crippen molar-refractivity contribution in [1.29, 1.82) is 0 Å². The van der Waals surface area contributed by atoms with E-state index in [-0.39, 0.29) is 5.41 Å². The Labute approximate surface area is 109 Å². The molecule has 1 N–H and O–H groups in total. The maximum absolute atomic E-state index is 5.55. The van der Waals surface area contributed by atoms with E-state index in [1.807, 2.05) is 0 Å². The molecule has 1 unspecified atom stereocenters. The summed E-state index contributed by atoms with van der Waals surface area (Å²) in [4.78, 5) is 6.75. The molecule has 1 aromatic heterocycles. The predicted octanol–water partition coefficient (Wildman–Crippen LogP) is 1.95. The molecule has 0 saturated carbocycles. The Morgan fingerprint density at radius 1 is 1.33 bits per heavy atom. The summed E-state index contributed by atoms with van der Waals surface area (Å²) in [6.45, 7) is 10.3. The number of nitrogens with zero attached hydrogens (tertiary/aromatic N) is 3. The van der Waals surface area contributed by atoms with E-state index < -0.39 is 0 Å². The number of aromatic nitrogens is 2. The minimum atomic E-state index is 0.0627. The highest BCUT2D eigenvalue weighted by molar-refractivity contribution is 5.28. The largest absolute Gasteiger partial charge is 0.339 e. The normalized spacial score (nSPS) is 23.5. The van der Waals surface area contributed by atoms with Crippen molar-refractivity contribution >= 4 is 5.95 Å². The molecule has 5 heteroatoms. The summed E-state index contributed by atoms with van der Waals surface area (Å²) in [5.74, 6) is 1.55. The van der Waals surface area contributed by atoms with Gasteiger partial charge in [-0.3, -0.25) is 0 Å². The van der Waals surface area contributed by atoms with Crippen molar-refractivity contribution in [2.24, 2.45) is 0 Å². The fourth-order valence-corrected chi connectivity index (χ4v) is 2.79. The van der Waals surface area contributed by atoms with Crippen LogP contribution in [0.4, 0.5) is 5.95 Å². The average molecular weight is 252 g/mol. The lowest BCUT2D eigenvalue weighted by Crippen LogP contribution is -2.29. The maximum atomic E-state index is 5.55. The Morgan fingerprint density at radius 3 is 2.67 bits per heavy atom. The van der Waals surface area contributed by atoms with Crippen LogP contribution in [0.2, 0.25) is 0 Å². The second kappa shape index (κ2) is 5.69. The van der Waals surface area contributed by atoms with Gasteiger partial charge in [0, 0.05) is 19.6 Å². The summed E-state index contributed by atoms with van der Waals surface area (Å²) in [5, 5.41) is 7.56. The van der Waals surface area contributed by atoms with Crippen LogP contribution in [-0.2, 0) is 5.41 Å². The van der Waals surface area contributed by atoms with E-state index in [0.29, 0.717) is 0 Å². The zero-order chi connectivity index (χ0) is 13.0. The Hall–Kier alpha value is -1.10. The van der Waals surface area contributed by atoms with Gasteiger partial charge in [0.2, 0.25) is 5.89 Å². The molecule has 1 saturated heterocycles. The first-order valence-electron chi connectivity index (χ1n) is 7.05. The van der Waals surface area contributed by atoms with E-state index in [4.69, 9.17) is 4.52 Å². The second-order valence-electron chi connectivity index (χ2n) is 5.03. The third-order valence-electron chi connectivity index (χ3n) is 3.89. The van der Waals surface area contributed by atoms with Crippen molar-refractivity contribution < 1.29 is 4.52 Å². The quantitative estimate of drug-likeness (QED) is 0.838. The smallest absolute Gasteiger partial charge is 0.266 e. The van der Waals surface area contributed by atoms with Crippen LogP contribution in [0.15, 0.2) is 4.52 Å². The fraction of sp³-hybridized carbons (Fsp3) is 0.846. The molecule has 0 radical (unpaired) electrons. The Kier molecular flexibility index (Phi) is 4.22. The molecule has 2 heterocycles. The molecule has 5 nitrogen and oxygen atoms in total. The van der Waals surface area contributed by atoms with Gasteiger partial charge in [-0.2, -0.15) is 4.98 Å². The summed E-state index contributed by atoms with van der Waals surface area (Å²) < 4.78 is 5.55. The number of hydrogen-bond donors (Lipinski definition) is 1. The predicted molar refractivity (Wildman–Crippen MR) is 71.9 cm³/mol. The van der Waals surface area contributed by atoms with Crippen LogP contribution in [0.3, 0.4) is 0 Å². The minimum Gasteiger partial charge on any atom is -0.339 e. The number of anilines is 1. The third kappa shape index (κ3) is 2.36. The maximum Gasteiger partial charge on any atom is 0.266 e. The number of rotatable bonds is 6. The van der Waals surface area contributed by atoms with E-state index in [1.165, 1.54) is 0 Å². The van der Waals surface area contributed by atoms with Crippen LogP contribution in [0.25, 0.3) is 0 Å². The van der Waals surface area contributed by atoms with E-state index in [9.17, 15) is 0 Å². The van der Waals surface area contributed by atoms with Crippen LogP contribution in [0.5, 0.6) is 0 Å². The van der Waals surface area contributed by atoms with Crippen LogP contribution >= 0.6 is 0 Å². The molecule has 0 aliphatic carbocycles. The zero-order valence-electron chi connectivity index (χ0n) is 11.7. The van der Waals surface area contributed by atoms with Crippen molar-refractivity contribution in [3.05, 3.63) is 5.89 Å². The average Bonchev–Trinajstić information content (AvgIpc) is 3.01. The van der Waals surface area contributed by atoms with E-state index in [1.54, 1.807) is 0 Å². The van der Waals surface area contributed by atoms with Gasteiger partial charge in [0.05, 0.1) is 5.41 Å². The molecular weight excluding hydrogens is 228 g/mol. The van der Waals surface area contributed by atoms with Crippen molar-refractivity contribution in [2.45, 2.75) is 45.4 Å². The SMILES string of the molecule is CCCC1(c2nc(N(CC)CC)no2)CCNC1. The first-order valence-corrected chi connectivity index (χ1v) is 7.05. The Bertz CT molecular complexity index is 367. The topological polar surface area (TPSA) is 54.2 Å². The lowest BCUT2D eigenvalue weighted by molar-refractivity contribution is 0.277. The summed E-state index contributed by atoms with van der Waals surface area (Å²) in [5.41, 5.74) is 0.0627. The zero-order valence-corrected chi connectivity index (χ0v) is 11.7. The summed E-state index contributed by atoms with van der Waals surface area (Å²) in [7, 11) is 0. The van der Waals surface area contributed by atoms with Gasteiger partial charge in [0.1, 0.15) is 0 Å². The highest BCUT2D eigenvalue weighted by atomic mass is 16.5. The van der Waals surface area contributed by atoms with Crippen LogP contribution < -0.4 is 10.2 Å². The van der Waals surface area contributed by atoms with E-state index in [2.05, 4.69) is 41.1 Å². The lowest BCUT2D eigenvalue weighted by atomic mass is 9.82. The summed E-state index contributed by atoms with van der Waals surface area (Å²) in [6.07, 6.45) is 3.35. The van der Waals surface area contributed by atoms with Gasteiger partial charge in [0.25, 0.3) is 5.95 Å². The van der Waals surface area contributed by atoms with Crippen molar-refractivity contribution in [3.63, 3.8) is 0 Å². The molecule has 0 amide bonds. The molecule has 1 atom stereocenters. The second-order valence-corrected chi connectivity index (χ2v) is 5.03. The first kappa shape index (κ1) is 13.3. The highest BCUT2D eigenvalue weighted by Gasteiger charge is 2.40. The Morgan fingerprint density at radius 2 is 2.11 bits per heavy atom. The highest BCUT2D eigenvalue weighted by Crippen LogP contribution is 2.34.